The zero-order chi connectivity index (χ0) is 23.3. The topological polar surface area (TPSA) is 185 Å². The van der Waals surface area contributed by atoms with Crippen LogP contribution in [-0.2, 0) is 33.3 Å². The highest BCUT2D eigenvalue weighted by Gasteiger charge is 2.52. The van der Waals surface area contributed by atoms with E-state index >= 15 is 0 Å². The van der Waals surface area contributed by atoms with Crippen LogP contribution in [0.5, 0.6) is 0 Å². The van der Waals surface area contributed by atoms with Gasteiger partial charge in [0.15, 0.2) is 12.6 Å². The summed E-state index contributed by atoms with van der Waals surface area (Å²) in [7, 11) is 2.63. The van der Waals surface area contributed by atoms with E-state index in [1.807, 2.05) is 0 Å². The molecule has 0 aromatic heterocycles. The number of ether oxygens (including phenoxy) is 5. The summed E-state index contributed by atoms with van der Waals surface area (Å²) in [5, 5.41) is 46.0. The van der Waals surface area contributed by atoms with E-state index in [1.54, 1.807) is 0 Å². The minimum atomic E-state index is -1.41. The molecule has 5 unspecified atom stereocenters. The number of hydrogen-bond donors (Lipinski definition) is 6. The molecule has 2 amide bonds. The van der Waals surface area contributed by atoms with Crippen LogP contribution >= 0.6 is 0 Å². The van der Waals surface area contributed by atoms with E-state index in [1.165, 1.54) is 28.1 Å². The lowest BCUT2D eigenvalue weighted by Gasteiger charge is -2.48. The van der Waals surface area contributed by atoms with Crippen molar-refractivity contribution in [2.75, 3.05) is 27.4 Å². The summed E-state index contributed by atoms with van der Waals surface area (Å²) in [6, 6.07) is -2.17. The smallest absolute Gasteiger partial charge is 0.217 e. The molecule has 0 bridgehead atoms. The summed E-state index contributed by atoms with van der Waals surface area (Å²) >= 11 is 0. The quantitative estimate of drug-likeness (QED) is 0.212. The van der Waals surface area contributed by atoms with Gasteiger partial charge in [0, 0.05) is 28.1 Å². The van der Waals surface area contributed by atoms with Gasteiger partial charge in [-0.1, -0.05) is 0 Å². The first-order valence-corrected chi connectivity index (χ1v) is 9.82. The van der Waals surface area contributed by atoms with E-state index < -0.39 is 86.3 Å². The summed E-state index contributed by atoms with van der Waals surface area (Å²) in [4.78, 5) is 23.2. The molecule has 0 spiro atoms. The molecule has 31 heavy (non-hydrogen) atoms. The predicted octanol–water partition coefficient (Wildman–Crippen LogP) is -3.80. The fraction of sp³-hybridized carbons (Fsp3) is 0.889. The van der Waals surface area contributed by atoms with Crippen molar-refractivity contribution in [3.8, 4) is 0 Å². The minimum Gasteiger partial charge on any atom is -0.394 e. The first kappa shape index (κ1) is 25.8. The molecular weight excluding hydrogens is 420 g/mol. The number of nitrogens with one attached hydrogen (secondary N) is 2. The van der Waals surface area contributed by atoms with Crippen LogP contribution in [0.2, 0.25) is 0 Å². The molecule has 2 saturated heterocycles. The summed E-state index contributed by atoms with van der Waals surface area (Å²) in [6.07, 6.45) is -9.45. The van der Waals surface area contributed by atoms with Crippen LogP contribution < -0.4 is 10.6 Å². The normalized spacial score (nSPS) is 40.9. The third kappa shape index (κ3) is 5.88. The van der Waals surface area contributed by atoms with Crippen LogP contribution in [0.25, 0.3) is 0 Å². The maximum Gasteiger partial charge on any atom is 0.217 e. The number of carbonyl (C=O) groups excluding carboxylic acids is 2. The molecular formula is C18H32N2O11. The number of rotatable bonds is 8. The molecule has 180 valence electrons. The van der Waals surface area contributed by atoms with Gasteiger partial charge >= 0.3 is 0 Å². The summed E-state index contributed by atoms with van der Waals surface area (Å²) < 4.78 is 27.5. The summed E-state index contributed by atoms with van der Waals surface area (Å²) in [5.74, 6) is -0.951. The van der Waals surface area contributed by atoms with Crippen molar-refractivity contribution in [3.05, 3.63) is 0 Å². The molecule has 2 rings (SSSR count). The molecule has 0 saturated carbocycles. The first-order valence-electron chi connectivity index (χ1n) is 9.82. The van der Waals surface area contributed by atoms with Gasteiger partial charge in [0.05, 0.1) is 13.2 Å². The first-order chi connectivity index (χ1) is 14.7. The third-order valence-corrected chi connectivity index (χ3v) is 5.24. The van der Waals surface area contributed by atoms with Gasteiger partial charge in [0.2, 0.25) is 11.8 Å². The zero-order valence-electron chi connectivity index (χ0n) is 17.8. The Morgan fingerprint density at radius 3 is 1.71 bits per heavy atom. The molecule has 0 aliphatic carbocycles. The Bertz CT molecular complexity index is 609. The molecule has 0 aromatic rings. The van der Waals surface area contributed by atoms with Crippen LogP contribution in [0, 0.1) is 0 Å². The second kappa shape index (κ2) is 11.4. The Labute approximate surface area is 179 Å². The number of hydrogen-bond acceptors (Lipinski definition) is 11. The van der Waals surface area contributed by atoms with Crippen molar-refractivity contribution in [1.82, 2.24) is 10.6 Å². The molecule has 0 aromatic carbocycles. The predicted molar refractivity (Wildman–Crippen MR) is 101 cm³/mol. The average molecular weight is 452 g/mol. The number of aliphatic hydroxyl groups excluding tert-OH is 4. The summed E-state index contributed by atoms with van der Waals surface area (Å²) in [5.41, 5.74) is 0. The second-order valence-corrected chi connectivity index (χ2v) is 7.42. The molecule has 13 heteroatoms. The molecule has 2 aliphatic heterocycles. The van der Waals surface area contributed by atoms with Gasteiger partial charge in [0.1, 0.15) is 48.7 Å². The van der Waals surface area contributed by atoms with Crippen LogP contribution in [0.15, 0.2) is 0 Å². The third-order valence-electron chi connectivity index (χ3n) is 5.24. The maximum absolute atomic E-state index is 11.7. The van der Waals surface area contributed by atoms with Crippen LogP contribution in [0.1, 0.15) is 13.8 Å². The van der Waals surface area contributed by atoms with E-state index in [2.05, 4.69) is 10.6 Å². The molecule has 13 nitrogen and oxygen atoms in total. The van der Waals surface area contributed by atoms with E-state index in [0.29, 0.717) is 0 Å². The Morgan fingerprint density at radius 1 is 0.806 bits per heavy atom. The van der Waals surface area contributed by atoms with Crippen molar-refractivity contribution in [1.29, 1.82) is 0 Å². The maximum atomic E-state index is 11.7. The molecule has 6 N–H and O–H groups in total. The average Bonchev–Trinajstić information content (AvgIpc) is 2.72. The van der Waals surface area contributed by atoms with Gasteiger partial charge in [-0.2, -0.15) is 0 Å². The van der Waals surface area contributed by atoms with E-state index in [9.17, 15) is 30.0 Å². The fourth-order valence-electron chi connectivity index (χ4n) is 3.84. The number of aliphatic hydroxyl groups is 4. The molecule has 0 radical (unpaired) electrons. The SMILES string of the molecule is CO[C@@H]1OC(CO)[C@@H](OC2O[C@@H](CO)[C@@H](OC)C(O)C2NC(C)=O)C(O)[C@@H]1NC(C)=O. The van der Waals surface area contributed by atoms with Gasteiger partial charge in [-0.25, -0.2) is 0 Å². The van der Waals surface area contributed by atoms with Gasteiger partial charge < -0.3 is 54.7 Å². The van der Waals surface area contributed by atoms with Crippen molar-refractivity contribution in [3.63, 3.8) is 0 Å². The monoisotopic (exact) mass is 452 g/mol. The molecule has 2 heterocycles. The number of amides is 2. The second-order valence-electron chi connectivity index (χ2n) is 7.42. The van der Waals surface area contributed by atoms with Crippen molar-refractivity contribution >= 4 is 11.8 Å². The van der Waals surface area contributed by atoms with Crippen LogP contribution in [0.4, 0.5) is 0 Å². The highest BCUT2D eigenvalue weighted by molar-refractivity contribution is 5.73. The van der Waals surface area contributed by atoms with Gasteiger partial charge in [-0.15, -0.1) is 0 Å². The Hall–Kier alpha value is -1.42. The molecule has 10 atom stereocenters. The lowest BCUT2D eigenvalue weighted by Crippen LogP contribution is -2.69. The Kier molecular flexibility index (Phi) is 9.54. The highest BCUT2D eigenvalue weighted by Crippen LogP contribution is 2.30. The lowest BCUT2D eigenvalue weighted by molar-refractivity contribution is -0.331. The number of carbonyl (C=O) groups is 2. The zero-order valence-corrected chi connectivity index (χ0v) is 17.8. The van der Waals surface area contributed by atoms with Crippen LogP contribution in [0.3, 0.4) is 0 Å². The minimum absolute atomic E-state index is 0.459. The largest absolute Gasteiger partial charge is 0.394 e. The highest BCUT2D eigenvalue weighted by atomic mass is 16.7. The summed E-state index contributed by atoms with van der Waals surface area (Å²) in [6.45, 7) is 1.39. The number of methoxy groups -OCH3 is 2. The fourth-order valence-corrected chi connectivity index (χ4v) is 3.84. The van der Waals surface area contributed by atoms with E-state index in [4.69, 9.17) is 23.7 Å². The van der Waals surface area contributed by atoms with Crippen molar-refractivity contribution < 1.29 is 53.7 Å². The van der Waals surface area contributed by atoms with Crippen LogP contribution in [-0.4, -0.2) is 121 Å². The van der Waals surface area contributed by atoms with Gasteiger partial charge in [0.25, 0.3) is 0 Å². The molecule has 2 fully saturated rings. The van der Waals surface area contributed by atoms with Gasteiger partial charge in [-0.05, 0) is 0 Å². The van der Waals surface area contributed by atoms with Crippen molar-refractivity contribution in [2.24, 2.45) is 0 Å². The van der Waals surface area contributed by atoms with E-state index in [-0.39, 0.29) is 0 Å². The Morgan fingerprint density at radius 2 is 1.26 bits per heavy atom. The van der Waals surface area contributed by atoms with Gasteiger partial charge in [-0.3, -0.25) is 9.59 Å². The molecule has 2 aliphatic rings. The van der Waals surface area contributed by atoms with Crippen molar-refractivity contribution in [2.45, 2.75) is 75.1 Å². The Balaban J connectivity index is 2.30. The standard InChI is InChI=1S/C18H32N2O11/c1-7(23)19-11-14(26)16(10(6-22)29-17(11)28-4)31-18-12(20-8(2)24)13(25)15(27-3)9(5-21)30-18/h9-18,21-22,25-26H,5-6H2,1-4H3,(H,19,23)(H,20,24)/t9-,10?,11-,12?,13?,14?,15+,16+,17+,18?/m0/s1. The van der Waals surface area contributed by atoms with E-state index in [0.717, 1.165) is 0 Å². The lowest BCUT2D eigenvalue weighted by atomic mass is 9.94.